The molecular formula is C18H28N2O4. The summed E-state index contributed by atoms with van der Waals surface area (Å²) in [4.78, 5) is 38.7. The number of amides is 1. The molecule has 1 amide bonds. The molecule has 1 aromatic rings. The predicted molar refractivity (Wildman–Crippen MR) is 92.2 cm³/mol. The highest BCUT2D eigenvalue weighted by Gasteiger charge is 2.28. The first-order valence-electron chi connectivity index (χ1n) is 8.12. The fraction of sp³-hybridized carbons (Fsp3) is 0.611. The fourth-order valence-corrected chi connectivity index (χ4v) is 2.85. The smallest absolute Gasteiger partial charge is 0.354 e. The van der Waals surface area contributed by atoms with Gasteiger partial charge in [0.1, 0.15) is 5.69 Å². The molecule has 0 saturated heterocycles. The van der Waals surface area contributed by atoms with Crippen molar-refractivity contribution in [3.8, 4) is 0 Å². The number of ether oxygens (including phenoxy) is 1. The first kappa shape index (κ1) is 19.9. The van der Waals surface area contributed by atoms with Gasteiger partial charge >= 0.3 is 5.97 Å². The first-order chi connectivity index (χ1) is 11.0. The number of hydrogen-bond donors (Lipinski definition) is 0. The van der Waals surface area contributed by atoms with Gasteiger partial charge in [-0.15, -0.1) is 0 Å². The number of rotatable bonds is 6. The molecule has 0 fully saturated rings. The lowest BCUT2D eigenvalue weighted by Crippen LogP contribution is -2.43. The lowest BCUT2D eigenvalue weighted by atomic mass is 10.0. The minimum Gasteiger partial charge on any atom is -0.464 e. The second-order valence-electron chi connectivity index (χ2n) is 6.62. The summed E-state index contributed by atoms with van der Waals surface area (Å²) >= 11 is 0. The standard InChI is InChI=1S/C18H28N2O4/c1-10(2)17(22)20(11(3)4)9-14(21)15-12(5)16(18(23)24-8)19(7)13(15)6/h10-11H,9H2,1-8H3. The maximum Gasteiger partial charge on any atom is 0.354 e. The van der Waals surface area contributed by atoms with Gasteiger partial charge in [-0.1, -0.05) is 13.8 Å². The Morgan fingerprint density at radius 2 is 1.67 bits per heavy atom. The van der Waals surface area contributed by atoms with Gasteiger partial charge in [-0.2, -0.15) is 0 Å². The average Bonchev–Trinajstić information content (AvgIpc) is 2.72. The van der Waals surface area contributed by atoms with Gasteiger partial charge in [0, 0.05) is 30.3 Å². The third-order valence-corrected chi connectivity index (χ3v) is 4.30. The van der Waals surface area contributed by atoms with Crippen LogP contribution in [-0.2, 0) is 16.6 Å². The van der Waals surface area contributed by atoms with Crippen LogP contribution in [0.15, 0.2) is 0 Å². The van der Waals surface area contributed by atoms with Crippen molar-refractivity contribution in [3.63, 3.8) is 0 Å². The van der Waals surface area contributed by atoms with Crippen LogP contribution >= 0.6 is 0 Å². The van der Waals surface area contributed by atoms with E-state index in [4.69, 9.17) is 4.74 Å². The summed E-state index contributed by atoms with van der Waals surface area (Å²) in [5.41, 5.74) is 2.14. The number of carbonyl (C=O) groups is 3. The Bertz CT molecular complexity index is 656. The van der Waals surface area contributed by atoms with E-state index in [0.29, 0.717) is 22.5 Å². The van der Waals surface area contributed by atoms with Crippen molar-refractivity contribution in [3.05, 3.63) is 22.5 Å². The number of carbonyl (C=O) groups excluding carboxylic acids is 3. The van der Waals surface area contributed by atoms with Gasteiger partial charge in [-0.05, 0) is 33.3 Å². The van der Waals surface area contributed by atoms with Crippen molar-refractivity contribution in [2.24, 2.45) is 13.0 Å². The highest BCUT2D eigenvalue weighted by atomic mass is 16.5. The lowest BCUT2D eigenvalue weighted by molar-refractivity contribution is -0.135. The third-order valence-electron chi connectivity index (χ3n) is 4.30. The monoisotopic (exact) mass is 336 g/mol. The number of aromatic nitrogens is 1. The zero-order valence-corrected chi connectivity index (χ0v) is 15.9. The van der Waals surface area contributed by atoms with Crippen molar-refractivity contribution >= 4 is 17.7 Å². The molecule has 6 nitrogen and oxygen atoms in total. The Morgan fingerprint density at radius 1 is 1.12 bits per heavy atom. The number of methoxy groups -OCH3 is 1. The van der Waals surface area contributed by atoms with Crippen LogP contribution in [0.5, 0.6) is 0 Å². The molecule has 0 saturated carbocycles. The summed E-state index contributed by atoms with van der Waals surface area (Å²) in [6.45, 7) is 10.9. The molecule has 134 valence electrons. The van der Waals surface area contributed by atoms with Gasteiger partial charge in [0.2, 0.25) is 5.91 Å². The molecule has 0 spiro atoms. The van der Waals surface area contributed by atoms with E-state index in [0.717, 1.165) is 0 Å². The van der Waals surface area contributed by atoms with Crippen molar-refractivity contribution in [1.82, 2.24) is 9.47 Å². The van der Waals surface area contributed by atoms with E-state index in [-0.39, 0.29) is 30.2 Å². The number of ketones is 1. The maximum atomic E-state index is 12.8. The molecule has 0 radical (unpaired) electrons. The van der Waals surface area contributed by atoms with E-state index in [9.17, 15) is 14.4 Å². The molecule has 6 heteroatoms. The molecule has 1 rings (SSSR count). The molecule has 0 atom stereocenters. The minimum absolute atomic E-state index is 0.000978. The van der Waals surface area contributed by atoms with Crippen LogP contribution in [0.2, 0.25) is 0 Å². The SMILES string of the molecule is COC(=O)c1c(C)c(C(=O)CN(C(=O)C(C)C)C(C)C)c(C)n1C. The maximum absolute atomic E-state index is 12.8. The van der Waals surface area contributed by atoms with Crippen LogP contribution in [0.1, 0.15) is 59.8 Å². The highest BCUT2D eigenvalue weighted by Crippen LogP contribution is 2.23. The molecule has 0 aromatic carbocycles. The molecule has 0 aliphatic heterocycles. The molecule has 24 heavy (non-hydrogen) atoms. The molecule has 1 heterocycles. The topological polar surface area (TPSA) is 68.6 Å². The van der Waals surface area contributed by atoms with Gasteiger partial charge in [-0.25, -0.2) is 4.79 Å². The van der Waals surface area contributed by atoms with E-state index < -0.39 is 5.97 Å². The van der Waals surface area contributed by atoms with E-state index in [1.54, 1.807) is 30.4 Å². The van der Waals surface area contributed by atoms with Crippen molar-refractivity contribution in [1.29, 1.82) is 0 Å². The molecule has 0 unspecified atom stereocenters. The van der Waals surface area contributed by atoms with Gasteiger partial charge in [0.05, 0.1) is 13.7 Å². The molecular weight excluding hydrogens is 308 g/mol. The second kappa shape index (κ2) is 7.64. The first-order valence-corrected chi connectivity index (χ1v) is 8.12. The quantitative estimate of drug-likeness (QED) is 0.591. The van der Waals surface area contributed by atoms with E-state index >= 15 is 0 Å². The Labute approximate surface area is 143 Å². The van der Waals surface area contributed by atoms with Gasteiger partial charge in [-0.3, -0.25) is 9.59 Å². The summed E-state index contributed by atoms with van der Waals surface area (Å²) in [6, 6.07) is -0.0757. The Balaban J connectivity index is 3.25. The van der Waals surface area contributed by atoms with E-state index in [2.05, 4.69) is 0 Å². The van der Waals surface area contributed by atoms with Crippen LogP contribution < -0.4 is 0 Å². The van der Waals surface area contributed by atoms with Gasteiger partial charge < -0.3 is 14.2 Å². The zero-order valence-electron chi connectivity index (χ0n) is 15.9. The molecule has 0 aliphatic carbocycles. The summed E-state index contributed by atoms with van der Waals surface area (Å²) in [6.07, 6.45) is 0. The Morgan fingerprint density at radius 3 is 2.08 bits per heavy atom. The average molecular weight is 336 g/mol. The van der Waals surface area contributed by atoms with E-state index in [1.165, 1.54) is 7.11 Å². The number of hydrogen-bond acceptors (Lipinski definition) is 4. The molecule has 1 aromatic heterocycles. The van der Waals surface area contributed by atoms with Crippen molar-refractivity contribution in [2.75, 3.05) is 13.7 Å². The van der Waals surface area contributed by atoms with Crippen LogP contribution in [0.4, 0.5) is 0 Å². The number of esters is 1. The minimum atomic E-state index is -0.476. The zero-order chi connectivity index (χ0) is 18.8. The summed E-state index contributed by atoms with van der Waals surface area (Å²) in [5.74, 6) is -0.879. The molecule has 0 aliphatic rings. The largest absolute Gasteiger partial charge is 0.464 e. The Hall–Kier alpha value is -2.11. The van der Waals surface area contributed by atoms with Gasteiger partial charge in [0.15, 0.2) is 5.78 Å². The summed E-state index contributed by atoms with van der Waals surface area (Å²) in [5, 5.41) is 0. The Kier molecular flexibility index (Phi) is 6.35. The molecule has 0 bridgehead atoms. The second-order valence-corrected chi connectivity index (χ2v) is 6.62. The van der Waals surface area contributed by atoms with Gasteiger partial charge in [0.25, 0.3) is 0 Å². The molecule has 0 N–H and O–H groups in total. The van der Waals surface area contributed by atoms with Crippen LogP contribution in [-0.4, -0.2) is 46.8 Å². The predicted octanol–water partition coefficient (Wildman–Crippen LogP) is 2.50. The normalized spacial score (nSPS) is 11.1. The highest BCUT2D eigenvalue weighted by molar-refractivity contribution is 6.04. The van der Waals surface area contributed by atoms with Crippen molar-refractivity contribution < 1.29 is 19.1 Å². The summed E-state index contributed by atoms with van der Waals surface area (Å²) < 4.78 is 6.46. The van der Waals surface area contributed by atoms with Crippen molar-refractivity contribution in [2.45, 2.75) is 47.6 Å². The summed E-state index contributed by atoms with van der Waals surface area (Å²) in [7, 11) is 3.04. The van der Waals surface area contributed by atoms with Crippen LogP contribution in [0.25, 0.3) is 0 Å². The van der Waals surface area contributed by atoms with E-state index in [1.807, 2.05) is 27.7 Å². The van der Waals surface area contributed by atoms with Crippen LogP contribution in [0.3, 0.4) is 0 Å². The number of nitrogens with zero attached hydrogens (tertiary/aromatic N) is 2. The fourth-order valence-electron chi connectivity index (χ4n) is 2.85. The lowest BCUT2D eigenvalue weighted by Gasteiger charge is -2.28. The van der Waals surface area contributed by atoms with Crippen LogP contribution in [0, 0.1) is 19.8 Å². The number of Topliss-reactive ketones (excluding diaryl/α,β-unsaturated/α-hetero) is 1. The third kappa shape index (κ3) is 3.68.